The van der Waals surface area contributed by atoms with Crippen molar-refractivity contribution in [2.75, 3.05) is 17.1 Å². The summed E-state index contributed by atoms with van der Waals surface area (Å²) >= 11 is 0. The standard InChI is InChI=1S/C10H15N3O5S/c1-13-9(8(5-11-13)10(14)15)12-19(16,17)6-7-3-2-4-18-7/h5,7,12H,2-4,6H2,1H3,(H,14,15). The van der Waals surface area contributed by atoms with Crippen molar-refractivity contribution in [3.8, 4) is 0 Å². The lowest BCUT2D eigenvalue weighted by Crippen LogP contribution is -2.27. The molecule has 1 saturated heterocycles. The fraction of sp³-hybridized carbons (Fsp3) is 0.600. The fourth-order valence-corrected chi connectivity index (χ4v) is 3.30. The summed E-state index contributed by atoms with van der Waals surface area (Å²) in [7, 11) is -2.20. The van der Waals surface area contributed by atoms with Gasteiger partial charge in [0, 0.05) is 13.7 Å². The maximum atomic E-state index is 12.0. The summed E-state index contributed by atoms with van der Waals surface area (Å²) in [4.78, 5) is 11.0. The number of aryl methyl sites for hydroxylation is 1. The second-order valence-corrected chi connectivity index (χ2v) is 6.12. The van der Waals surface area contributed by atoms with E-state index >= 15 is 0 Å². The van der Waals surface area contributed by atoms with Gasteiger partial charge in [-0.05, 0) is 12.8 Å². The molecule has 0 aliphatic carbocycles. The number of hydrogen-bond donors (Lipinski definition) is 2. The summed E-state index contributed by atoms with van der Waals surface area (Å²) in [6.45, 7) is 0.562. The van der Waals surface area contributed by atoms with Gasteiger partial charge in [0.2, 0.25) is 10.0 Å². The van der Waals surface area contributed by atoms with Crippen LogP contribution in [0.4, 0.5) is 5.82 Å². The minimum absolute atomic E-state index is 0.0505. The van der Waals surface area contributed by atoms with Crippen molar-refractivity contribution < 1.29 is 23.1 Å². The number of hydrogen-bond acceptors (Lipinski definition) is 5. The van der Waals surface area contributed by atoms with Crippen LogP contribution in [0, 0.1) is 0 Å². The molecular weight excluding hydrogens is 274 g/mol. The zero-order valence-corrected chi connectivity index (χ0v) is 11.2. The number of aromatic carboxylic acids is 1. The predicted octanol–water partition coefficient (Wildman–Crippen LogP) is 0.0390. The number of ether oxygens (including phenoxy) is 1. The lowest BCUT2D eigenvalue weighted by molar-refractivity contribution is 0.0698. The molecule has 0 aromatic carbocycles. The summed E-state index contributed by atoms with van der Waals surface area (Å²) < 4.78 is 32.6. The molecule has 0 amide bonds. The Balaban J connectivity index is 2.15. The molecule has 1 unspecified atom stereocenters. The molecule has 2 N–H and O–H groups in total. The molecule has 0 spiro atoms. The van der Waals surface area contributed by atoms with Crippen molar-refractivity contribution in [1.29, 1.82) is 0 Å². The molecule has 1 fully saturated rings. The van der Waals surface area contributed by atoms with Crippen molar-refractivity contribution in [3.63, 3.8) is 0 Å². The molecule has 1 aromatic rings. The van der Waals surface area contributed by atoms with Gasteiger partial charge < -0.3 is 9.84 Å². The molecule has 0 bridgehead atoms. The first-order valence-electron chi connectivity index (χ1n) is 5.76. The molecule has 106 valence electrons. The molecule has 8 nitrogen and oxygen atoms in total. The molecule has 2 heterocycles. The van der Waals surface area contributed by atoms with Crippen molar-refractivity contribution >= 4 is 21.8 Å². The third-order valence-corrected chi connectivity index (χ3v) is 4.17. The monoisotopic (exact) mass is 289 g/mol. The van der Waals surface area contributed by atoms with Gasteiger partial charge in [0.1, 0.15) is 5.56 Å². The van der Waals surface area contributed by atoms with E-state index in [0.29, 0.717) is 13.0 Å². The van der Waals surface area contributed by atoms with Crippen LogP contribution in [0.1, 0.15) is 23.2 Å². The normalized spacial score (nSPS) is 19.5. The van der Waals surface area contributed by atoms with Crippen LogP contribution in [-0.4, -0.2) is 47.7 Å². The number of nitrogens with one attached hydrogen (secondary N) is 1. The van der Waals surface area contributed by atoms with E-state index in [1.807, 2.05) is 0 Å². The maximum absolute atomic E-state index is 12.0. The maximum Gasteiger partial charge on any atom is 0.341 e. The van der Waals surface area contributed by atoms with E-state index in [-0.39, 0.29) is 23.2 Å². The number of sulfonamides is 1. The van der Waals surface area contributed by atoms with Crippen LogP contribution in [0.3, 0.4) is 0 Å². The van der Waals surface area contributed by atoms with Crippen LogP contribution in [0.25, 0.3) is 0 Å². The van der Waals surface area contributed by atoms with E-state index in [1.165, 1.54) is 11.7 Å². The highest BCUT2D eigenvalue weighted by Crippen LogP contribution is 2.18. The lowest BCUT2D eigenvalue weighted by atomic mass is 10.3. The van der Waals surface area contributed by atoms with Crippen LogP contribution in [0.15, 0.2) is 6.20 Å². The van der Waals surface area contributed by atoms with Crippen molar-refractivity contribution in [1.82, 2.24) is 9.78 Å². The van der Waals surface area contributed by atoms with Gasteiger partial charge >= 0.3 is 5.97 Å². The van der Waals surface area contributed by atoms with Gasteiger partial charge in [-0.3, -0.25) is 9.40 Å². The quantitative estimate of drug-likeness (QED) is 0.791. The molecule has 1 aliphatic heterocycles. The second-order valence-electron chi connectivity index (χ2n) is 4.35. The van der Waals surface area contributed by atoms with E-state index in [9.17, 15) is 13.2 Å². The van der Waals surface area contributed by atoms with Crippen LogP contribution in [-0.2, 0) is 21.8 Å². The third-order valence-electron chi connectivity index (χ3n) is 2.85. The molecule has 0 saturated carbocycles. The number of rotatable bonds is 5. The van der Waals surface area contributed by atoms with Gasteiger partial charge in [-0.2, -0.15) is 5.10 Å². The van der Waals surface area contributed by atoms with Crippen LogP contribution in [0.2, 0.25) is 0 Å². The van der Waals surface area contributed by atoms with Crippen LogP contribution in [0.5, 0.6) is 0 Å². The summed E-state index contributed by atoms with van der Waals surface area (Å²) in [6.07, 6.45) is 2.30. The fourth-order valence-electron chi connectivity index (χ4n) is 1.92. The van der Waals surface area contributed by atoms with Crippen LogP contribution >= 0.6 is 0 Å². The largest absolute Gasteiger partial charge is 0.477 e. The van der Waals surface area contributed by atoms with Crippen molar-refractivity contribution in [2.24, 2.45) is 7.05 Å². The Morgan fingerprint density at radius 2 is 2.42 bits per heavy atom. The van der Waals surface area contributed by atoms with E-state index in [2.05, 4.69) is 9.82 Å². The Bertz CT molecular complexity index is 574. The Morgan fingerprint density at radius 3 is 3.00 bits per heavy atom. The molecule has 19 heavy (non-hydrogen) atoms. The Kier molecular flexibility index (Phi) is 3.76. The van der Waals surface area contributed by atoms with E-state index in [1.54, 1.807) is 0 Å². The average molecular weight is 289 g/mol. The number of nitrogens with zero attached hydrogens (tertiary/aromatic N) is 2. The van der Waals surface area contributed by atoms with Crippen molar-refractivity contribution in [2.45, 2.75) is 18.9 Å². The second kappa shape index (κ2) is 5.17. The zero-order chi connectivity index (χ0) is 14.0. The minimum Gasteiger partial charge on any atom is -0.477 e. The number of carbonyl (C=O) groups is 1. The lowest BCUT2D eigenvalue weighted by Gasteiger charge is -2.12. The molecular formula is C10H15N3O5S. The number of anilines is 1. The molecule has 0 radical (unpaired) electrons. The topological polar surface area (TPSA) is 111 Å². The Hall–Kier alpha value is -1.61. The van der Waals surface area contributed by atoms with Gasteiger partial charge in [-0.15, -0.1) is 0 Å². The molecule has 2 rings (SSSR count). The number of carboxylic acids is 1. The molecule has 1 aliphatic rings. The van der Waals surface area contributed by atoms with Gasteiger partial charge in [0.25, 0.3) is 0 Å². The van der Waals surface area contributed by atoms with Gasteiger partial charge in [-0.25, -0.2) is 13.2 Å². The molecule has 1 aromatic heterocycles. The van der Waals surface area contributed by atoms with E-state index < -0.39 is 16.0 Å². The molecule has 1 atom stereocenters. The van der Waals surface area contributed by atoms with Gasteiger partial charge in [0.05, 0.1) is 18.1 Å². The highest BCUT2D eigenvalue weighted by Gasteiger charge is 2.26. The zero-order valence-electron chi connectivity index (χ0n) is 10.4. The highest BCUT2D eigenvalue weighted by atomic mass is 32.2. The van der Waals surface area contributed by atoms with Gasteiger partial charge in [-0.1, -0.05) is 0 Å². The van der Waals surface area contributed by atoms with E-state index in [0.717, 1.165) is 12.6 Å². The summed E-state index contributed by atoms with van der Waals surface area (Å²) in [6, 6.07) is 0. The Labute approximate surface area is 110 Å². The summed E-state index contributed by atoms with van der Waals surface area (Å²) in [5.74, 6) is -1.47. The SMILES string of the molecule is Cn1ncc(C(=O)O)c1NS(=O)(=O)CC1CCCO1. The summed E-state index contributed by atoms with van der Waals surface area (Å²) in [5, 5.41) is 12.7. The first kappa shape index (κ1) is 13.8. The average Bonchev–Trinajstić information content (AvgIpc) is 2.89. The van der Waals surface area contributed by atoms with Crippen molar-refractivity contribution in [3.05, 3.63) is 11.8 Å². The Morgan fingerprint density at radius 1 is 1.68 bits per heavy atom. The van der Waals surface area contributed by atoms with Gasteiger partial charge in [0.15, 0.2) is 5.82 Å². The first-order valence-corrected chi connectivity index (χ1v) is 7.41. The number of carboxylic acid groups (broad SMARTS) is 1. The predicted molar refractivity (Wildman–Crippen MR) is 66.6 cm³/mol. The van der Waals surface area contributed by atoms with Crippen LogP contribution < -0.4 is 4.72 Å². The summed E-state index contributed by atoms with van der Waals surface area (Å²) in [5.41, 5.74) is -0.182. The smallest absolute Gasteiger partial charge is 0.341 e. The number of aromatic nitrogens is 2. The highest BCUT2D eigenvalue weighted by molar-refractivity contribution is 7.92. The third kappa shape index (κ3) is 3.24. The van der Waals surface area contributed by atoms with E-state index in [4.69, 9.17) is 9.84 Å². The minimum atomic E-state index is -3.67. The first-order chi connectivity index (χ1) is 8.89. The molecule has 9 heteroatoms.